The lowest BCUT2D eigenvalue weighted by Crippen LogP contribution is -2.43. The number of Topliss-reactive ketones (excluding diaryl/α,β-unsaturated/α-hetero) is 1. The van der Waals surface area contributed by atoms with Crippen molar-refractivity contribution in [2.45, 2.75) is 27.3 Å². The number of hydrogen-bond donors (Lipinski definition) is 0. The van der Waals surface area contributed by atoms with Gasteiger partial charge in [-0.3, -0.25) is 4.79 Å². The summed E-state index contributed by atoms with van der Waals surface area (Å²) in [5.41, 5.74) is 4.24. The Morgan fingerprint density at radius 1 is 1.00 bits per heavy atom. The number of nitrogens with zero attached hydrogens (tertiary/aromatic N) is 1. The van der Waals surface area contributed by atoms with E-state index in [9.17, 15) is 4.79 Å². The van der Waals surface area contributed by atoms with Crippen molar-refractivity contribution in [2.75, 3.05) is 0 Å². The third kappa shape index (κ3) is 2.65. The van der Waals surface area contributed by atoms with Gasteiger partial charge in [0.15, 0.2) is 11.4 Å². The summed E-state index contributed by atoms with van der Waals surface area (Å²) in [4.78, 5) is 12.2. The second kappa shape index (κ2) is 5.13. The van der Waals surface area contributed by atoms with E-state index in [2.05, 4.69) is 23.6 Å². The monoisotopic (exact) mass is 240 g/mol. The first-order valence-corrected chi connectivity index (χ1v) is 6.14. The highest BCUT2D eigenvalue weighted by Crippen LogP contribution is 2.04. The Labute approximate surface area is 108 Å². The zero-order valence-electron chi connectivity index (χ0n) is 11.1. The van der Waals surface area contributed by atoms with Gasteiger partial charge in [-0.15, -0.1) is 0 Å². The highest BCUT2D eigenvalue weighted by atomic mass is 16.1. The second-order valence-electron chi connectivity index (χ2n) is 4.69. The molecule has 2 nitrogen and oxygen atoms in total. The van der Waals surface area contributed by atoms with Crippen molar-refractivity contribution in [1.29, 1.82) is 0 Å². The van der Waals surface area contributed by atoms with Crippen molar-refractivity contribution in [3.8, 4) is 0 Å². The van der Waals surface area contributed by atoms with E-state index in [0.717, 1.165) is 17.0 Å². The third-order valence-electron chi connectivity index (χ3n) is 3.12. The van der Waals surface area contributed by atoms with Crippen LogP contribution in [0, 0.1) is 20.8 Å². The van der Waals surface area contributed by atoms with Crippen molar-refractivity contribution in [1.82, 2.24) is 0 Å². The van der Waals surface area contributed by atoms with Crippen LogP contribution in [0.2, 0.25) is 0 Å². The first kappa shape index (κ1) is 12.5. The standard InChI is InChI=1S/C16H18NO/c1-12-9-13(2)17(14(3)10-12)11-16(18)15-7-5-4-6-8-15/h4-10H,11H2,1-3H3/q+1. The van der Waals surface area contributed by atoms with Crippen LogP contribution < -0.4 is 4.57 Å². The van der Waals surface area contributed by atoms with Crippen LogP contribution >= 0.6 is 0 Å². The highest BCUT2D eigenvalue weighted by Gasteiger charge is 2.17. The van der Waals surface area contributed by atoms with Crippen LogP contribution in [0.1, 0.15) is 27.3 Å². The van der Waals surface area contributed by atoms with Gasteiger partial charge in [-0.2, -0.15) is 4.57 Å². The van der Waals surface area contributed by atoms with Crippen molar-refractivity contribution >= 4 is 5.78 Å². The van der Waals surface area contributed by atoms with Crippen molar-refractivity contribution in [2.24, 2.45) is 0 Å². The molecule has 18 heavy (non-hydrogen) atoms. The van der Waals surface area contributed by atoms with Crippen LogP contribution in [-0.4, -0.2) is 5.78 Å². The number of ketones is 1. The predicted octanol–water partition coefficient (Wildman–Crippen LogP) is 2.78. The summed E-state index contributed by atoms with van der Waals surface area (Å²) in [6.07, 6.45) is 0. The maximum atomic E-state index is 12.2. The van der Waals surface area contributed by atoms with Crippen LogP contribution in [0.5, 0.6) is 0 Å². The van der Waals surface area contributed by atoms with Gasteiger partial charge in [-0.1, -0.05) is 30.3 Å². The minimum atomic E-state index is 0.149. The topological polar surface area (TPSA) is 20.9 Å². The molecule has 0 spiro atoms. The summed E-state index contributed by atoms with van der Waals surface area (Å²) >= 11 is 0. The van der Waals surface area contributed by atoms with Gasteiger partial charge < -0.3 is 0 Å². The predicted molar refractivity (Wildman–Crippen MR) is 71.6 cm³/mol. The van der Waals surface area contributed by atoms with E-state index in [1.165, 1.54) is 5.56 Å². The van der Waals surface area contributed by atoms with Gasteiger partial charge in [0.25, 0.3) is 0 Å². The van der Waals surface area contributed by atoms with E-state index in [1.807, 2.05) is 44.2 Å². The molecular formula is C16H18NO+. The molecule has 2 rings (SSSR count). The van der Waals surface area contributed by atoms with E-state index < -0.39 is 0 Å². The largest absolute Gasteiger partial charge is 0.287 e. The van der Waals surface area contributed by atoms with Crippen LogP contribution in [0.25, 0.3) is 0 Å². The molecule has 0 bridgehead atoms. The van der Waals surface area contributed by atoms with E-state index >= 15 is 0 Å². The van der Waals surface area contributed by atoms with Gasteiger partial charge in [0.1, 0.15) is 0 Å². The Balaban J connectivity index is 2.28. The molecule has 0 aliphatic heterocycles. The maximum absolute atomic E-state index is 12.2. The van der Waals surface area contributed by atoms with Crippen LogP contribution in [0.15, 0.2) is 42.5 Å². The summed E-state index contributed by atoms with van der Waals surface area (Å²) in [7, 11) is 0. The molecule has 0 saturated carbocycles. The maximum Gasteiger partial charge on any atom is 0.227 e. The molecule has 0 aliphatic rings. The van der Waals surface area contributed by atoms with E-state index in [0.29, 0.717) is 6.54 Å². The lowest BCUT2D eigenvalue weighted by Gasteiger charge is -2.05. The molecule has 1 aromatic carbocycles. The number of aryl methyl sites for hydroxylation is 3. The number of benzene rings is 1. The van der Waals surface area contributed by atoms with Gasteiger partial charge in [-0.05, 0) is 12.5 Å². The normalized spacial score (nSPS) is 10.4. The molecule has 0 radical (unpaired) electrons. The fraction of sp³-hybridized carbons (Fsp3) is 0.250. The van der Waals surface area contributed by atoms with E-state index in [1.54, 1.807) is 0 Å². The molecule has 2 aromatic rings. The Hall–Kier alpha value is -1.96. The highest BCUT2D eigenvalue weighted by molar-refractivity contribution is 5.94. The fourth-order valence-electron chi connectivity index (χ4n) is 2.24. The average Bonchev–Trinajstić information content (AvgIpc) is 2.34. The van der Waals surface area contributed by atoms with Gasteiger partial charge in [0.2, 0.25) is 12.3 Å². The van der Waals surface area contributed by atoms with Crippen LogP contribution in [0.3, 0.4) is 0 Å². The molecule has 0 fully saturated rings. The number of pyridine rings is 1. The van der Waals surface area contributed by atoms with Crippen molar-refractivity contribution < 1.29 is 9.36 Å². The number of carbonyl (C=O) groups is 1. The summed E-state index contributed by atoms with van der Waals surface area (Å²) in [5, 5.41) is 0. The molecule has 0 unspecified atom stereocenters. The van der Waals surface area contributed by atoms with Gasteiger partial charge >= 0.3 is 0 Å². The lowest BCUT2D eigenvalue weighted by atomic mass is 10.1. The molecule has 0 atom stereocenters. The number of carbonyl (C=O) groups excluding carboxylic acids is 1. The van der Waals surface area contributed by atoms with Gasteiger partial charge in [0, 0.05) is 31.5 Å². The third-order valence-corrected chi connectivity index (χ3v) is 3.12. The second-order valence-corrected chi connectivity index (χ2v) is 4.69. The molecule has 92 valence electrons. The molecule has 0 amide bonds. The minimum absolute atomic E-state index is 0.149. The van der Waals surface area contributed by atoms with Crippen LogP contribution in [-0.2, 0) is 6.54 Å². The molecule has 0 N–H and O–H groups in total. The smallest absolute Gasteiger partial charge is 0.227 e. The SMILES string of the molecule is Cc1cc(C)[n+](CC(=O)c2ccccc2)c(C)c1. The minimum Gasteiger partial charge on any atom is -0.287 e. The molecule has 1 heterocycles. The molecule has 1 aromatic heterocycles. The lowest BCUT2D eigenvalue weighted by molar-refractivity contribution is -0.695. The zero-order chi connectivity index (χ0) is 13.1. The fourth-order valence-corrected chi connectivity index (χ4v) is 2.24. The Morgan fingerprint density at radius 3 is 2.11 bits per heavy atom. The summed E-state index contributed by atoms with van der Waals surface area (Å²) in [6.45, 7) is 6.56. The van der Waals surface area contributed by atoms with E-state index in [-0.39, 0.29) is 5.78 Å². The Bertz CT molecular complexity index is 550. The Kier molecular flexibility index (Phi) is 3.56. The first-order chi connectivity index (χ1) is 8.58. The number of hydrogen-bond acceptors (Lipinski definition) is 1. The molecule has 2 heteroatoms. The zero-order valence-corrected chi connectivity index (χ0v) is 11.1. The summed E-state index contributed by atoms with van der Waals surface area (Å²) in [6, 6.07) is 13.6. The average molecular weight is 240 g/mol. The molecule has 0 aliphatic carbocycles. The van der Waals surface area contributed by atoms with Crippen molar-refractivity contribution in [3.63, 3.8) is 0 Å². The number of aromatic nitrogens is 1. The molecule has 0 saturated heterocycles. The van der Waals surface area contributed by atoms with Gasteiger partial charge in [-0.25, -0.2) is 0 Å². The van der Waals surface area contributed by atoms with E-state index in [4.69, 9.17) is 0 Å². The number of rotatable bonds is 3. The Morgan fingerprint density at radius 2 is 1.56 bits per heavy atom. The summed E-state index contributed by atoms with van der Waals surface area (Å²) < 4.78 is 2.06. The first-order valence-electron chi connectivity index (χ1n) is 6.14. The quantitative estimate of drug-likeness (QED) is 0.597. The van der Waals surface area contributed by atoms with Crippen LogP contribution in [0.4, 0.5) is 0 Å². The summed E-state index contributed by atoms with van der Waals surface area (Å²) in [5.74, 6) is 0.149. The van der Waals surface area contributed by atoms with Crippen molar-refractivity contribution in [3.05, 3.63) is 65.0 Å². The van der Waals surface area contributed by atoms with Gasteiger partial charge in [0.05, 0.1) is 0 Å². The molecular weight excluding hydrogens is 222 g/mol.